The highest BCUT2D eigenvalue weighted by Gasteiger charge is 2.29. The molecule has 0 unspecified atom stereocenters. The summed E-state index contributed by atoms with van der Waals surface area (Å²) in [5.41, 5.74) is 7.58. The molecule has 0 aromatic heterocycles. The molecular formula is C14H14N2O. The Bertz CT molecular complexity index is 599. The van der Waals surface area contributed by atoms with Crippen LogP contribution in [0.25, 0.3) is 10.8 Å². The van der Waals surface area contributed by atoms with Gasteiger partial charge in [0.05, 0.1) is 5.69 Å². The fourth-order valence-electron chi connectivity index (χ4n) is 2.45. The number of hydrogen-bond acceptors (Lipinski definition) is 2. The van der Waals surface area contributed by atoms with Crippen molar-refractivity contribution in [1.82, 2.24) is 0 Å². The molecule has 0 spiro atoms. The molecule has 2 aromatic carbocycles. The molecule has 3 nitrogen and oxygen atoms in total. The fraction of sp³-hybridized carbons (Fsp3) is 0.214. The molecule has 2 N–H and O–H groups in total. The summed E-state index contributed by atoms with van der Waals surface area (Å²) in [7, 11) is 0. The van der Waals surface area contributed by atoms with Gasteiger partial charge >= 0.3 is 0 Å². The van der Waals surface area contributed by atoms with E-state index in [1.54, 1.807) is 4.90 Å². The molecule has 0 radical (unpaired) electrons. The molecule has 0 saturated carbocycles. The third-order valence-corrected chi connectivity index (χ3v) is 3.12. The lowest BCUT2D eigenvalue weighted by molar-refractivity contribution is 0.0992. The molecule has 1 amide bonds. The number of rotatable bonds is 2. The van der Waals surface area contributed by atoms with E-state index in [0.29, 0.717) is 6.54 Å². The van der Waals surface area contributed by atoms with E-state index in [4.69, 9.17) is 5.73 Å². The average molecular weight is 226 g/mol. The van der Waals surface area contributed by atoms with Gasteiger partial charge in [-0.3, -0.25) is 4.79 Å². The van der Waals surface area contributed by atoms with Crippen LogP contribution < -0.4 is 10.6 Å². The predicted molar refractivity (Wildman–Crippen MR) is 69.3 cm³/mol. The second-order valence-corrected chi connectivity index (χ2v) is 4.57. The minimum atomic E-state index is -0.0245. The number of nitrogens with two attached hydrogens (primary N) is 1. The third kappa shape index (κ3) is 1.43. The van der Waals surface area contributed by atoms with Crippen LogP contribution in [0.5, 0.6) is 0 Å². The van der Waals surface area contributed by atoms with Crippen LogP contribution in [0.4, 0.5) is 5.69 Å². The second-order valence-electron chi connectivity index (χ2n) is 4.57. The number of benzene rings is 2. The van der Waals surface area contributed by atoms with Gasteiger partial charge < -0.3 is 10.6 Å². The number of amides is 1. The van der Waals surface area contributed by atoms with Crippen LogP contribution in [-0.4, -0.2) is 18.5 Å². The average Bonchev–Trinajstić information content (AvgIpc) is 2.57. The maximum Gasteiger partial charge on any atom is 0.259 e. The molecule has 0 aliphatic carbocycles. The number of carbonyl (C=O) groups excluding carboxylic acids is 1. The Labute approximate surface area is 99.8 Å². The lowest BCUT2D eigenvalue weighted by Gasteiger charge is -2.19. The maximum absolute atomic E-state index is 12.3. The molecule has 1 aliphatic rings. The summed E-state index contributed by atoms with van der Waals surface area (Å²) in [6.07, 6.45) is 0. The lowest BCUT2D eigenvalue weighted by atomic mass is 10.1. The van der Waals surface area contributed by atoms with E-state index in [2.05, 4.69) is 0 Å². The first-order valence-electron chi connectivity index (χ1n) is 5.77. The molecule has 3 heteroatoms. The first-order valence-corrected chi connectivity index (χ1v) is 5.77. The Morgan fingerprint density at radius 3 is 2.65 bits per heavy atom. The highest BCUT2D eigenvalue weighted by molar-refractivity contribution is 6.25. The number of anilines is 1. The van der Waals surface area contributed by atoms with Gasteiger partial charge in [0.25, 0.3) is 5.91 Å². The largest absolute Gasteiger partial charge is 0.326 e. The van der Waals surface area contributed by atoms with E-state index >= 15 is 0 Å². The number of carbonyl (C=O) groups is 1. The summed E-state index contributed by atoms with van der Waals surface area (Å²) in [5.74, 6) is 0.0640. The van der Waals surface area contributed by atoms with Gasteiger partial charge in [-0.1, -0.05) is 24.3 Å². The minimum Gasteiger partial charge on any atom is -0.326 e. The molecule has 2 aromatic rings. The predicted octanol–water partition coefficient (Wildman–Crippen LogP) is 2.15. The molecule has 0 fully saturated rings. The molecule has 86 valence electrons. The van der Waals surface area contributed by atoms with Gasteiger partial charge in [0.1, 0.15) is 0 Å². The van der Waals surface area contributed by atoms with E-state index in [-0.39, 0.29) is 11.9 Å². The zero-order valence-corrected chi connectivity index (χ0v) is 9.68. The monoisotopic (exact) mass is 226 g/mol. The van der Waals surface area contributed by atoms with Crippen molar-refractivity contribution in [3.8, 4) is 0 Å². The van der Waals surface area contributed by atoms with E-state index in [9.17, 15) is 4.79 Å². The molecule has 3 rings (SSSR count). The summed E-state index contributed by atoms with van der Waals surface area (Å²) >= 11 is 0. The van der Waals surface area contributed by atoms with Crippen molar-refractivity contribution in [1.29, 1.82) is 0 Å². The Morgan fingerprint density at radius 1 is 1.24 bits per heavy atom. The number of nitrogens with zero attached hydrogens (tertiary/aromatic N) is 1. The van der Waals surface area contributed by atoms with Crippen LogP contribution in [-0.2, 0) is 0 Å². The molecular weight excluding hydrogens is 212 g/mol. The molecule has 0 saturated heterocycles. The van der Waals surface area contributed by atoms with Gasteiger partial charge in [0.2, 0.25) is 0 Å². The van der Waals surface area contributed by atoms with Crippen molar-refractivity contribution < 1.29 is 4.79 Å². The first-order chi connectivity index (χ1) is 8.18. The molecule has 0 bridgehead atoms. The van der Waals surface area contributed by atoms with Crippen molar-refractivity contribution in [3.05, 3.63) is 42.0 Å². The topological polar surface area (TPSA) is 46.3 Å². The molecule has 1 aliphatic heterocycles. The summed E-state index contributed by atoms with van der Waals surface area (Å²) in [5, 5.41) is 2.17. The van der Waals surface area contributed by atoms with Crippen molar-refractivity contribution in [2.75, 3.05) is 11.4 Å². The van der Waals surface area contributed by atoms with Crippen LogP contribution in [0.2, 0.25) is 0 Å². The van der Waals surface area contributed by atoms with Crippen molar-refractivity contribution in [2.45, 2.75) is 13.0 Å². The SMILES string of the molecule is C[C@H](N)CN1C(=O)c2cccc3cccc1c23. The molecule has 17 heavy (non-hydrogen) atoms. The lowest BCUT2D eigenvalue weighted by Crippen LogP contribution is -2.37. The van der Waals surface area contributed by atoms with Crippen LogP contribution >= 0.6 is 0 Å². The van der Waals surface area contributed by atoms with Gasteiger partial charge in [-0.25, -0.2) is 0 Å². The van der Waals surface area contributed by atoms with Crippen LogP contribution in [0.3, 0.4) is 0 Å². The normalized spacial score (nSPS) is 15.6. The summed E-state index contributed by atoms with van der Waals surface area (Å²) < 4.78 is 0. The minimum absolute atomic E-state index is 0.0245. The van der Waals surface area contributed by atoms with E-state index < -0.39 is 0 Å². The standard InChI is InChI=1S/C14H14N2O/c1-9(15)8-16-12-7-3-5-10-4-2-6-11(13(10)12)14(16)17/h2-7,9H,8,15H2,1H3/t9-/m0/s1. The quantitative estimate of drug-likeness (QED) is 0.852. The van der Waals surface area contributed by atoms with Crippen LogP contribution in [0.1, 0.15) is 17.3 Å². The van der Waals surface area contributed by atoms with Gasteiger partial charge in [-0.05, 0) is 24.4 Å². The van der Waals surface area contributed by atoms with Gasteiger partial charge in [0.15, 0.2) is 0 Å². The van der Waals surface area contributed by atoms with Crippen molar-refractivity contribution in [3.63, 3.8) is 0 Å². The third-order valence-electron chi connectivity index (χ3n) is 3.12. The Kier molecular flexibility index (Phi) is 2.16. The Hall–Kier alpha value is -1.87. The first kappa shape index (κ1) is 10.3. The van der Waals surface area contributed by atoms with Gasteiger partial charge in [-0.2, -0.15) is 0 Å². The van der Waals surface area contributed by atoms with E-state index in [1.807, 2.05) is 43.3 Å². The van der Waals surface area contributed by atoms with Crippen molar-refractivity contribution in [2.24, 2.45) is 5.73 Å². The van der Waals surface area contributed by atoms with Crippen molar-refractivity contribution >= 4 is 22.4 Å². The molecule has 1 heterocycles. The Morgan fingerprint density at radius 2 is 1.94 bits per heavy atom. The highest BCUT2D eigenvalue weighted by atomic mass is 16.2. The van der Waals surface area contributed by atoms with Crippen LogP contribution in [0, 0.1) is 0 Å². The second kappa shape index (κ2) is 3.57. The van der Waals surface area contributed by atoms with Crippen LogP contribution in [0.15, 0.2) is 36.4 Å². The zero-order valence-electron chi connectivity index (χ0n) is 9.68. The molecule has 1 atom stereocenters. The summed E-state index contributed by atoms with van der Waals surface area (Å²) in [6.45, 7) is 2.48. The fourth-order valence-corrected chi connectivity index (χ4v) is 2.45. The van der Waals surface area contributed by atoms with E-state index in [0.717, 1.165) is 22.0 Å². The summed E-state index contributed by atoms with van der Waals surface area (Å²) in [6, 6.07) is 11.8. The van der Waals surface area contributed by atoms with E-state index in [1.165, 1.54) is 0 Å². The zero-order chi connectivity index (χ0) is 12.0. The highest BCUT2D eigenvalue weighted by Crippen LogP contribution is 2.36. The Balaban J connectivity index is 2.23. The summed E-state index contributed by atoms with van der Waals surface area (Å²) in [4.78, 5) is 14.1. The maximum atomic E-state index is 12.3. The van der Waals surface area contributed by atoms with Gasteiger partial charge in [0, 0.05) is 23.5 Å². The van der Waals surface area contributed by atoms with Gasteiger partial charge in [-0.15, -0.1) is 0 Å². The smallest absolute Gasteiger partial charge is 0.259 e. The number of hydrogen-bond donors (Lipinski definition) is 1.